The number of piperazine rings is 1. The molecular weight excluding hydrogens is 423 g/mol. The fraction of sp³-hybridized carbons (Fsp3) is 0.375. The van der Waals surface area contributed by atoms with E-state index < -0.39 is 5.82 Å². The summed E-state index contributed by atoms with van der Waals surface area (Å²) in [7, 11) is 0. The van der Waals surface area contributed by atoms with Crippen LogP contribution in [0.2, 0.25) is 0 Å². The summed E-state index contributed by atoms with van der Waals surface area (Å²) in [6.45, 7) is 9.45. The molecule has 8 nitrogen and oxygen atoms in total. The number of hydrazine groups is 1. The standard InChI is InChI=1S/C24H27FN6O2/c1-4-29-7-8-30(14-16(29)3)23(32)17-5-6-22(27-12-17)31-24(33)20(13-28-31)19-10-21(25)18(11-26)9-15(19)2/h5-6,9-10,12,16,28,33H,4,7-8,13-14H2,1-3H3/t16-/m1/s1. The largest absolute Gasteiger partial charge is 0.493 e. The van der Waals surface area contributed by atoms with Crippen LogP contribution in [-0.4, -0.2) is 64.6 Å². The van der Waals surface area contributed by atoms with E-state index in [1.807, 2.05) is 11.0 Å². The molecule has 0 unspecified atom stereocenters. The molecule has 4 rings (SSSR count). The monoisotopic (exact) mass is 450 g/mol. The van der Waals surface area contributed by atoms with E-state index in [4.69, 9.17) is 5.26 Å². The van der Waals surface area contributed by atoms with Crippen molar-refractivity contribution < 1.29 is 14.3 Å². The normalized spacial score (nSPS) is 19.2. The van der Waals surface area contributed by atoms with E-state index in [2.05, 4.69) is 29.2 Å². The number of nitriles is 1. The van der Waals surface area contributed by atoms with Crippen molar-refractivity contribution in [1.82, 2.24) is 20.2 Å². The van der Waals surface area contributed by atoms with Crippen LogP contribution in [0.15, 0.2) is 36.3 Å². The number of aromatic nitrogens is 1. The number of anilines is 1. The lowest BCUT2D eigenvalue weighted by Gasteiger charge is -2.39. The predicted molar refractivity (Wildman–Crippen MR) is 123 cm³/mol. The van der Waals surface area contributed by atoms with Crippen molar-refractivity contribution in [2.24, 2.45) is 0 Å². The van der Waals surface area contributed by atoms with Crippen molar-refractivity contribution in [3.05, 3.63) is 64.4 Å². The number of aliphatic hydroxyl groups is 1. The topological polar surface area (TPSA) is 95.7 Å². The molecule has 0 spiro atoms. The molecule has 1 aromatic carbocycles. The zero-order chi connectivity index (χ0) is 23.7. The van der Waals surface area contributed by atoms with Crippen LogP contribution in [0.3, 0.4) is 0 Å². The van der Waals surface area contributed by atoms with Gasteiger partial charge in [-0.3, -0.25) is 9.69 Å². The van der Waals surface area contributed by atoms with Crippen molar-refractivity contribution in [2.45, 2.75) is 26.8 Å². The second-order valence-corrected chi connectivity index (χ2v) is 8.37. The van der Waals surface area contributed by atoms with Crippen LogP contribution < -0.4 is 10.4 Å². The molecule has 1 atom stereocenters. The van der Waals surface area contributed by atoms with Gasteiger partial charge in [0.1, 0.15) is 17.7 Å². The van der Waals surface area contributed by atoms with E-state index in [9.17, 15) is 14.3 Å². The number of nitrogens with one attached hydrogen (secondary N) is 1. The van der Waals surface area contributed by atoms with Crippen molar-refractivity contribution in [3.8, 4) is 6.07 Å². The Morgan fingerprint density at radius 3 is 2.79 bits per heavy atom. The Hall–Kier alpha value is -3.48. The summed E-state index contributed by atoms with van der Waals surface area (Å²) >= 11 is 0. The highest BCUT2D eigenvalue weighted by molar-refractivity contribution is 5.94. The van der Waals surface area contributed by atoms with Crippen LogP contribution in [-0.2, 0) is 0 Å². The van der Waals surface area contributed by atoms with E-state index >= 15 is 0 Å². The minimum Gasteiger partial charge on any atom is -0.493 e. The van der Waals surface area contributed by atoms with Gasteiger partial charge in [-0.25, -0.2) is 19.8 Å². The van der Waals surface area contributed by atoms with Crippen LogP contribution in [0.25, 0.3) is 5.57 Å². The van der Waals surface area contributed by atoms with Crippen molar-refractivity contribution in [3.63, 3.8) is 0 Å². The average Bonchev–Trinajstić information content (AvgIpc) is 3.20. The number of likely N-dealkylation sites (N-methyl/N-ethyl adjacent to an activating group) is 1. The molecule has 1 fully saturated rings. The summed E-state index contributed by atoms with van der Waals surface area (Å²) in [6.07, 6.45) is 1.51. The number of aliphatic hydroxyl groups excluding tert-OH is 1. The van der Waals surface area contributed by atoms with Crippen LogP contribution in [0.5, 0.6) is 0 Å². The quantitative estimate of drug-likeness (QED) is 0.740. The van der Waals surface area contributed by atoms with Gasteiger partial charge in [0, 0.05) is 44.0 Å². The van der Waals surface area contributed by atoms with Crippen molar-refractivity contribution in [2.75, 3.05) is 37.7 Å². The van der Waals surface area contributed by atoms with Gasteiger partial charge in [-0.15, -0.1) is 0 Å². The number of nitrogens with zero attached hydrogens (tertiary/aromatic N) is 5. The summed E-state index contributed by atoms with van der Waals surface area (Å²) in [4.78, 5) is 21.5. The third kappa shape index (κ3) is 4.27. The Morgan fingerprint density at radius 2 is 2.15 bits per heavy atom. The van der Waals surface area contributed by atoms with E-state index in [1.54, 1.807) is 19.1 Å². The summed E-state index contributed by atoms with van der Waals surface area (Å²) < 4.78 is 14.2. The van der Waals surface area contributed by atoms with Crippen LogP contribution in [0.1, 0.15) is 40.9 Å². The smallest absolute Gasteiger partial charge is 0.255 e. The number of carbonyl (C=O) groups is 1. The molecule has 0 radical (unpaired) electrons. The molecule has 33 heavy (non-hydrogen) atoms. The van der Waals surface area contributed by atoms with Gasteiger partial charge >= 0.3 is 0 Å². The number of halogens is 1. The number of pyridine rings is 1. The Morgan fingerprint density at radius 1 is 1.36 bits per heavy atom. The van der Waals surface area contributed by atoms with Gasteiger partial charge in [0.2, 0.25) is 5.88 Å². The van der Waals surface area contributed by atoms with Gasteiger partial charge in [-0.2, -0.15) is 5.26 Å². The summed E-state index contributed by atoms with van der Waals surface area (Å²) in [6, 6.07) is 8.22. The maximum absolute atomic E-state index is 14.2. The molecule has 172 valence electrons. The molecule has 2 aliphatic heterocycles. The molecule has 1 aromatic heterocycles. The summed E-state index contributed by atoms with van der Waals surface area (Å²) in [5.74, 6) is -0.379. The molecule has 3 heterocycles. The number of benzene rings is 1. The second-order valence-electron chi connectivity index (χ2n) is 8.37. The Balaban J connectivity index is 1.52. The van der Waals surface area contributed by atoms with Gasteiger partial charge in [0.15, 0.2) is 0 Å². The third-order valence-corrected chi connectivity index (χ3v) is 6.34. The Kier molecular flexibility index (Phi) is 6.31. The van der Waals surface area contributed by atoms with Gasteiger partial charge in [0.05, 0.1) is 11.1 Å². The highest BCUT2D eigenvalue weighted by Crippen LogP contribution is 2.30. The first-order chi connectivity index (χ1) is 15.8. The SMILES string of the molecule is CCN1CCN(C(=O)c2ccc(N3NCC(c4cc(F)c(C#N)cc4C)=C3O)nc2)C[C@H]1C. The highest BCUT2D eigenvalue weighted by atomic mass is 19.1. The molecule has 0 aliphatic carbocycles. The maximum atomic E-state index is 14.2. The molecule has 1 amide bonds. The zero-order valence-electron chi connectivity index (χ0n) is 19.0. The van der Waals surface area contributed by atoms with E-state index in [1.165, 1.54) is 23.3 Å². The van der Waals surface area contributed by atoms with Crippen molar-refractivity contribution in [1.29, 1.82) is 5.26 Å². The maximum Gasteiger partial charge on any atom is 0.255 e. The van der Waals surface area contributed by atoms with E-state index in [0.717, 1.165) is 13.1 Å². The molecular formula is C24H27FN6O2. The Bertz CT molecular complexity index is 1140. The van der Waals surface area contributed by atoms with E-state index in [0.29, 0.717) is 47.2 Å². The predicted octanol–water partition coefficient (Wildman–Crippen LogP) is 2.82. The van der Waals surface area contributed by atoms with Crippen LogP contribution in [0.4, 0.5) is 10.2 Å². The molecule has 2 aliphatic rings. The van der Waals surface area contributed by atoms with Crippen LogP contribution in [0, 0.1) is 24.1 Å². The number of carbonyl (C=O) groups excluding carboxylic acids is 1. The van der Waals surface area contributed by atoms with Gasteiger partial charge in [-0.1, -0.05) is 6.92 Å². The first kappa shape index (κ1) is 22.7. The fourth-order valence-corrected chi connectivity index (χ4v) is 4.42. The number of hydrogen-bond donors (Lipinski definition) is 2. The van der Waals surface area contributed by atoms with Gasteiger partial charge < -0.3 is 10.0 Å². The number of rotatable bonds is 4. The minimum absolute atomic E-state index is 0.0356. The van der Waals surface area contributed by atoms with Gasteiger partial charge in [-0.05, 0) is 55.8 Å². The zero-order valence-corrected chi connectivity index (χ0v) is 19.0. The molecule has 2 N–H and O–H groups in total. The number of hydrogen-bond acceptors (Lipinski definition) is 7. The minimum atomic E-state index is -0.632. The molecule has 0 saturated carbocycles. The average molecular weight is 451 g/mol. The third-order valence-electron chi connectivity index (χ3n) is 6.34. The second kappa shape index (κ2) is 9.17. The fourth-order valence-electron chi connectivity index (χ4n) is 4.42. The van der Waals surface area contributed by atoms with E-state index in [-0.39, 0.29) is 23.9 Å². The van der Waals surface area contributed by atoms with Crippen molar-refractivity contribution >= 4 is 17.3 Å². The lowest BCUT2D eigenvalue weighted by molar-refractivity contribution is 0.0528. The summed E-state index contributed by atoms with van der Waals surface area (Å²) in [5.41, 5.74) is 5.19. The first-order valence-corrected chi connectivity index (χ1v) is 11.0. The number of aryl methyl sites for hydroxylation is 1. The lowest BCUT2D eigenvalue weighted by Crippen LogP contribution is -2.53. The molecule has 1 saturated heterocycles. The molecule has 9 heteroatoms. The first-order valence-electron chi connectivity index (χ1n) is 11.0. The van der Waals surface area contributed by atoms with Gasteiger partial charge in [0.25, 0.3) is 5.91 Å². The summed E-state index contributed by atoms with van der Waals surface area (Å²) in [5, 5.41) is 21.2. The Labute approximate surface area is 192 Å². The lowest BCUT2D eigenvalue weighted by atomic mass is 9.98. The molecule has 0 bridgehead atoms. The highest BCUT2D eigenvalue weighted by Gasteiger charge is 2.29. The molecule has 2 aromatic rings. The van der Waals surface area contributed by atoms with Crippen LogP contribution >= 0.6 is 0 Å². The number of amides is 1.